The predicted molar refractivity (Wildman–Crippen MR) is 99.6 cm³/mol. The molecule has 0 aliphatic heterocycles. The second-order valence-corrected chi connectivity index (χ2v) is 6.26. The molecule has 5 nitrogen and oxygen atoms in total. The first kappa shape index (κ1) is 20.5. The van der Waals surface area contributed by atoms with Gasteiger partial charge in [-0.3, -0.25) is 9.59 Å². The lowest BCUT2D eigenvalue weighted by molar-refractivity contribution is -0.121. The molecule has 1 saturated carbocycles. The molecule has 0 N–H and O–H groups in total. The van der Waals surface area contributed by atoms with Gasteiger partial charge in [0.2, 0.25) is 5.92 Å². The Labute approximate surface area is 157 Å². The summed E-state index contributed by atoms with van der Waals surface area (Å²) in [6.07, 6.45) is 7.55. The van der Waals surface area contributed by atoms with Crippen LogP contribution in [0.15, 0.2) is 43.6 Å². The minimum atomic E-state index is -2.58. The summed E-state index contributed by atoms with van der Waals surface area (Å²) >= 11 is 0. The number of allylic oxidation sites excluding steroid dienone is 1. The number of nitrogens with zero attached hydrogens (tertiary/aromatic N) is 2. The number of aromatic nitrogens is 1. The van der Waals surface area contributed by atoms with Crippen molar-refractivity contribution in [2.75, 3.05) is 12.0 Å². The van der Waals surface area contributed by atoms with Gasteiger partial charge in [-0.1, -0.05) is 25.3 Å². The first-order chi connectivity index (χ1) is 12.8. The fourth-order valence-corrected chi connectivity index (χ4v) is 2.88. The first-order valence-corrected chi connectivity index (χ1v) is 8.54. The molecule has 1 aliphatic carbocycles. The van der Waals surface area contributed by atoms with Gasteiger partial charge in [-0.15, -0.1) is 0 Å². The van der Waals surface area contributed by atoms with E-state index in [-0.39, 0.29) is 24.6 Å². The smallest absolute Gasteiger partial charge is 0.258 e. The quantitative estimate of drug-likeness (QED) is 0.700. The van der Waals surface area contributed by atoms with Crippen LogP contribution in [0.5, 0.6) is 5.75 Å². The molecule has 0 aromatic carbocycles. The summed E-state index contributed by atoms with van der Waals surface area (Å²) in [6.45, 7) is 6.77. The zero-order chi connectivity index (χ0) is 20.0. The van der Waals surface area contributed by atoms with Crippen LogP contribution in [0.4, 0.5) is 14.6 Å². The third-order valence-corrected chi connectivity index (χ3v) is 4.43. The maximum atomic E-state index is 13.3. The molecule has 0 atom stereocenters. The Morgan fingerprint density at radius 2 is 1.85 bits per heavy atom. The van der Waals surface area contributed by atoms with Crippen molar-refractivity contribution in [3.8, 4) is 5.75 Å². The summed E-state index contributed by atoms with van der Waals surface area (Å²) < 4.78 is 31.8. The third-order valence-electron chi connectivity index (χ3n) is 4.43. The predicted octanol–water partition coefficient (Wildman–Crippen LogP) is 4.16. The number of halogens is 2. The number of anilines is 1. The van der Waals surface area contributed by atoms with Crippen LogP contribution in [-0.4, -0.2) is 29.8 Å². The number of carbonyl (C=O) groups is 2. The van der Waals surface area contributed by atoms with E-state index in [1.165, 1.54) is 19.4 Å². The number of hydrogen-bond acceptors (Lipinski definition) is 4. The van der Waals surface area contributed by atoms with Crippen LogP contribution in [0.2, 0.25) is 0 Å². The summed E-state index contributed by atoms with van der Waals surface area (Å²) in [5.41, 5.74) is 0.582. The summed E-state index contributed by atoms with van der Waals surface area (Å²) in [5.74, 6) is -3.29. The van der Waals surface area contributed by atoms with Gasteiger partial charge < -0.3 is 4.74 Å². The molecule has 144 valence electrons. The highest BCUT2D eigenvalue weighted by Gasteiger charge is 2.34. The van der Waals surface area contributed by atoms with Crippen molar-refractivity contribution in [3.05, 3.63) is 49.2 Å². The Hall–Kier alpha value is -2.83. The number of carbonyl (C=O) groups excluding carboxylic acids is 2. The van der Waals surface area contributed by atoms with Crippen LogP contribution < -0.4 is 9.64 Å². The normalized spacial score (nSPS) is 16.7. The van der Waals surface area contributed by atoms with Crippen molar-refractivity contribution >= 4 is 23.7 Å². The highest BCUT2D eigenvalue weighted by molar-refractivity contribution is 6.21. The number of imide groups is 1. The van der Waals surface area contributed by atoms with Gasteiger partial charge in [0.1, 0.15) is 11.6 Å². The Bertz CT molecular complexity index is 744. The molecule has 2 rings (SSSR count). The van der Waals surface area contributed by atoms with E-state index in [4.69, 9.17) is 4.74 Å². The molecule has 27 heavy (non-hydrogen) atoms. The van der Waals surface area contributed by atoms with Crippen LogP contribution in [0, 0.1) is 5.92 Å². The summed E-state index contributed by atoms with van der Waals surface area (Å²) in [5, 5.41) is 0. The van der Waals surface area contributed by atoms with Gasteiger partial charge in [-0.25, -0.2) is 18.7 Å². The van der Waals surface area contributed by atoms with Crippen molar-refractivity contribution < 1.29 is 23.1 Å². The van der Waals surface area contributed by atoms with Crippen LogP contribution in [-0.2, 0) is 9.59 Å². The average Bonchev–Trinajstić information content (AvgIpc) is 2.67. The zero-order valence-corrected chi connectivity index (χ0v) is 15.2. The van der Waals surface area contributed by atoms with E-state index in [0.717, 1.165) is 17.1 Å². The molecular formula is C20H22F2N2O3. The Morgan fingerprint density at radius 1 is 1.26 bits per heavy atom. The number of rotatable bonds is 6. The second-order valence-electron chi connectivity index (χ2n) is 6.26. The van der Waals surface area contributed by atoms with E-state index in [9.17, 15) is 18.4 Å². The lowest BCUT2D eigenvalue weighted by Gasteiger charge is -2.26. The largest absolute Gasteiger partial charge is 0.495 e. The van der Waals surface area contributed by atoms with Gasteiger partial charge in [0, 0.05) is 18.4 Å². The zero-order valence-electron chi connectivity index (χ0n) is 15.2. The minimum Gasteiger partial charge on any atom is -0.495 e. The molecule has 1 aromatic rings. The number of hydrogen-bond donors (Lipinski definition) is 0. The maximum absolute atomic E-state index is 13.3. The second kappa shape index (κ2) is 8.70. The van der Waals surface area contributed by atoms with Gasteiger partial charge in [-0.2, -0.15) is 0 Å². The lowest BCUT2D eigenvalue weighted by Crippen LogP contribution is -2.35. The molecule has 0 unspecified atom stereocenters. The number of methoxy groups -OCH3 is 1. The maximum Gasteiger partial charge on any atom is 0.258 e. The fraction of sp³-hybridized carbons (Fsp3) is 0.350. The van der Waals surface area contributed by atoms with E-state index in [1.54, 1.807) is 6.08 Å². The van der Waals surface area contributed by atoms with E-state index in [0.29, 0.717) is 24.2 Å². The van der Waals surface area contributed by atoms with Crippen molar-refractivity contribution in [1.82, 2.24) is 4.98 Å². The van der Waals surface area contributed by atoms with Crippen molar-refractivity contribution in [2.24, 2.45) is 5.92 Å². The number of alkyl halides is 2. The number of ether oxygens (including phenoxy) is 1. The van der Waals surface area contributed by atoms with E-state index < -0.39 is 17.7 Å². The monoisotopic (exact) mass is 376 g/mol. The van der Waals surface area contributed by atoms with Gasteiger partial charge in [0.05, 0.1) is 13.3 Å². The molecule has 7 heteroatoms. The molecule has 0 bridgehead atoms. The van der Waals surface area contributed by atoms with Crippen molar-refractivity contribution in [3.63, 3.8) is 0 Å². The fourth-order valence-electron chi connectivity index (χ4n) is 2.88. The Kier molecular flexibility index (Phi) is 6.60. The van der Waals surface area contributed by atoms with E-state index in [1.807, 2.05) is 6.08 Å². The minimum absolute atomic E-state index is 0.0339. The first-order valence-electron chi connectivity index (χ1n) is 8.54. The highest BCUT2D eigenvalue weighted by atomic mass is 19.3. The lowest BCUT2D eigenvalue weighted by atomic mass is 9.86. The molecule has 1 fully saturated rings. The standard InChI is InChI=1S/C20H22F2N2O3/c1-4-18(25)24(19(26)5-2)17-12-15(16(27-3)13-23-17)7-6-14-8-10-20(21,22)11-9-14/h4-7,12-14H,1-2,8-11H2,3H3. The van der Waals surface area contributed by atoms with E-state index >= 15 is 0 Å². The SMILES string of the molecule is C=CC(=O)N(C(=O)C=C)c1cc(C=CC2CCC(F)(F)CC2)c(OC)cn1. The summed E-state index contributed by atoms with van der Waals surface area (Å²) in [6, 6.07) is 1.52. The Balaban J connectivity index is 2.30. The summed E-state index contributed by atoms with van der Waals surface area (Å²) in [4.78, 5) is 29.0. The van der Waals surface area contributed by atoms with Gasteiger partial charge >= 0.3 is 0 Å². The molecule has 1 aromatic heterocycles. The number of amides is 2. The topological polar surface area (TPSA) is 59.5 Å². The molecule has 1 aliphatic rings. The van der Waals surface area contributed by atoms with Crippen LogP contribution in [0.3, 0.4) is 0 Å². The van der Waals surface area contributed by atoms with Gasteiger partial charge in [-0.05, 0) is 37.0 Å². The highest BCUT2D eigenvalue weighted by Crippen LogP contribution is 2.37. The molecular weight excluding hydrogens is 354 g/mol. The molecule has 1 heterocycles. The number of pyridine rings is 1. The van der Waals surface area contributed by atoms with Crippen LogP contribution in [0.25, 0.3) is 6.08 Å². The summed E-state index contributed by atoms with van der Waals surface area (Å²) in [7, 11) is 1.47. The third kappa shape index (κ3) is 5.09. The molecule has 2 amide bonds. The molecule has 0 spiro atoms. The average molecular weight is 376 g/mol. The van der Waals surface area contributed by atoms with Crippen LogP contribution in [0.1, 0.15) is 31.2 Å². The van der Waals surface area contributed by atoms with Gasteiger partial charge in [0.25, 0.3) is 11.8 Å². The van der Waals surface area contributed by atoms with Crippen molar-refractivity contribution in [2.45, 2.75) is 31.6 Å². The van der Waals surface area contributed by atoms with Crippen LogP contribution >= 0.6 is 0 Å². The van der Waals surface area contributed by atoms with Crippen molar-refractivity contribution in [1.29, 1.82) is 0 Å². The van der Waals surface area contributed by atoms with E-state index in [2.05, 4.69) is 18.1 Å². The Morgan fingerprint density at radius 3 is 2.37 bits per heavy atom. The molecule has 0 radical (unpaired) electrons. The molecule has 0 saturated heterocycles. The van der Waals surface area contributed by atoms with Gasteiger partial charge in [0.15, 0.2) is 0 Å².